The highest BCUT2D eigenvalue weighted by atomic mass is 19.4. The van der Waals surface area contributed by atoms with Gasteiger partial charge in [-0.2, -0.15) is 13.2 Å². The molecule has 1 aromatic carbocycles. The van der Waals surface area contributed by atoms with Gasteiger partial charge in [-0.25, -0.2) is 9.78 Å². The maximum Gasteiger partial charge on any atom is 0.417 e. The minimum absolute atomic E-state index is 0.00663. The van der Waals surface area contributed by atoms with Crippen LogP contribution in [0.1, 0.15) is 58.8 Å². The average molecular weight is 514 g/mol. The Morgan fingerprint density at radius 1 is 1.11 bits per heavy atom. The third-order valence-corrected chi connectivity index (χ3v) is 7.74. The Morgan fingerprint density at radius 3 is 2.46 bits per heavy atom. The van der Waals surface area contributed by atoms with Gasteiger partial charge in [0, 0.05) is 36.3 Å². The molecule has 37 heavy (non-hydrogen) atoms. The van der Waals surface area contributed by atoms with E-state index in [4.69, 9.17) is 14.4 Å². The molecule has 0 bridgehead atoms. The lowest BCUT2D eigenvalue weighted by molar-refractivity contribution is -0.137. The summed E-state index contributed by atoms with van der Waals surface area (Å²) in [6, 6.07) is 8.77. The van der Waals surface area contributed by atoms with Crippen LogP contribution in [-0.4, -0.2) is 40.4 Å². The quantitative estimate of drug-likeness (QED) is 0.430. The number of nitrogens with zero attached hydrogens (tertiary/aromatic N) is 3. The van der Waals surface area contributed by atoms with E-state index in [1.807, 2.05) is 0 Å². The molecule has 10 heteroatoms. The van der Waals surface area contributed by atoms with Crippen molar-refractivity contribution in [3.8, 4) is 11.3 Å². The number of aromatic nitrogens is 2. The molecule has 0 unspecified atom stereocenters. The number of ether oxygens (including phenoxy) is 1. The number of carboxylic acid groups (broad SMARTS) is 1. The first-order valence-corrected chi connectivity index (χ1v) is 12.5. The van der Waals surface area contributed by atoms with Crippen molar-refractivity contribution in [3.63, 3.8) is 0 Å². The molecular formula is C27H26F3N3O4. The molecule has 3 aliphatic rings. The normalized spacial score (nSPS) is 23.4. The van der Waals surface area contributed by atoms with Gasteiger partial charge in [-0.3, -0.25) is 0 Å². The Hall–Kier alpha value is -3.40. The van der Waals surface area contributed by atoms with Crippen LogP contribution in [-0.2, 0) is 17.5 Å². The Balaban J connectivity index is 1.14. The smallest absolute Gasteiger partial charge is 0.417 e. The van der Waals surface area contributed by atoms with Crippen LogP contribution in [0.5, 0.6) is 0 Å². The van der Waals surface area contributed by atoms with Gasteiger partial charge in [0.15, 0.2) is 0 Å². The van der Waals surface area contributed by atoms with Crippen LogP contribution in [0, 0.1) is 11.8 Å². The van der Waals surface area contributed by atoms with Gasteiger partial charge >= 0.3 is 12.1 Å². The molecule has 7 nitrogen and oxygen atoms in total. The number of halogens is 3. The maximum atomic E-state index is 13.7. The lowest BCUT2D eigenvalue weighted by atomic mass is 9.99. The second kappa shape index (κ2) is 9.16. The predicted molar refractivity (Wildman–Crippen MR) is 127 cm³/mol. The Bertz CT molecular complexity index is 1290. The topological polar surface area (TPSA) is 88.7 Å². The number of anilines is 1. The Labute approximate surface area is 211 Å². The molecule has 0 amide bonds. The lowest BCUT2D eigenvalue weighted by Crippen LogP contribution is -2.24. The summed E-state index contributed by atoms with van der Waals surface area (Å²) in [5.74, 6) is 1.44. The zero-order valence-corrected chi connectivity index (χ0v) is 19.9. The number of pyridine rings is 1. The lowest BCUT2D eigenvalue weighted by Gasteiger charge is -2.20. The molecule has 3 atom stereocenters. The van der Waals surface area contributed by atoms with E-state index in [-0.39, 0.29) is 35.4 Å². The van der Waals surface area contributed by atoms with Crippen LogP contribution in [0.2, 0.25) is 0 Å². The largest absolute Gasteiger partial charge is 0.478 e. The van der Waals surface area contributed by atoms with E-state index >= 15 is 0 Å². The van der Waals surface area contributed by atoms with E-state index in [1.165, 1.54) is 18.3 Å². The summed E-state index contributed by atoms with van der Waals surface area (Å²) in [5.41, 5.74) is 0.292. The van der Waals surface area contributed by atoms with Crippen molar-refractivity contribution in [2.75, 3.05) is 18.0 Å². The molecular weight excluding hydrogens is 487 g/mol. The number of rotatable bonds is 7. The Kier molecular flexibility index (Phi) is 5.94. The third kappa shape index (κ3) is 4.70. The van der Waals surface area contributed by atoms with E-state index < -0.39 is 17.7 Å². The van der Waals surface area contributed by atoms with Gasteiger partial charge in [-0.1, -0.05) is 23.4 Å². The molecule has 1 N–H and O–H groups in total. The van der Waals surface area contributed by atoms with E-state index in [0.717, 1.165) is 50.7 Å². The number of carboxylic acids is 1. The highest BCUT2D eigenvalue weighted by Crippen LogP contribution is 2.47. The number of carbonyl (C=O) groups is 1. The van der Waals surface area contributed by atoms with Crippen LogP contribution >= 0.6 is 0 Å². The van der Waals surface area contributed by atoms with Gasteiger partial charge in [0.25, 0.3) is 0 Å². The zero-order chi connectivity index (χ0) is 25.7. The highest BCUT2D eigenvalue weighted by molar-refractivity contribution is 5.87. The summed E-state index contributed by atoms with van der Waals surface area (Å²) < 4.78 is 52.9. The molecule has 2 aliphatic carbocycles. The van der Waals surface area contributed by atoms with Gasteiger partial charge in [0.1, 0.15) is 17.3 Å². The fourth-order valence-corrected chi connectivity index (χ4v) is 5.74. The van der Waals surface area contributed by atoms with Gasteiger partial charge in [-0.05, 0) is 55.7 Å². The minimum Gasteiger partial charge on any atom is -0.478 e. The van der Waals surface area contributed by atoms with Gasteiger partial charge in [0.2, 0.25) is 0 Å². The average Bonchev–Trinajstić information content (AvgIpc) is 3.33. The molecule has 0 radical (unpaired) electrons. The zero-order valence-electron chi connectivity index (χ0n) is 19.9. The number of hydrogen-bond donors (Lipinski definition) is 1. The van der Waals surface area contributed by atoms with Crippen LogP contribution in [0.3, 0.4) is 0 Å². The number of alkyl halides is 3. The van der Waals surface area contributed by atoms with Gasteiger partial charge < -0.3 is 19.3 Å². The monoisotopic (exact) mass is 513 g/mol. The van der Waals surface area contributed by atoms with Crippen molar-refractivity contribution in [2.24, 2.45) is 11.8 Å². The van der Waals surface area contributed by atoms with Crippen LogP contribution in [0.4, 0.5) is 19.0 Å². The summed E-state index contributed by atoms with van der Waals surface area (Å²) in [5, 5.41) is 13.2. The fourth-order valence-electron chi connectivity index (χ4n) is 5.74. The summed E-state index contributed by atoms with van der Waals surface area (Å²) in [4.78, 5) is 17.6. The fraction of sp³-hybridized carbons (Fsp3) is 0.444. The summed E-state index contributed by atoms with van der Waals surface area (Å²) >= 11 is 0. The van der Waals surface area contributed by atoms with Crippen molar-refractivity contribution in [1.29, 1.82) is 0 Å². The molecule has 6 rings (SSSR count). The van der Waals surface area contributed by atoms with Crippen LogP contribution in [0.15, 0.2) is 47.1 Å². The number of hydrogen-bond acceptors (Lipinski definition) is 6. The third-order valence-electron chi connectivity index (χ3n) is 7.74. The van der Waals surface area contributed by atoms with Crippen molar-refractivity contribution >= 4 is 11.8 Å². The van der Waals surface area contributed by atoms with Crippen LogP contribution in [0.25, 0.3) is 11.3 Å². The van der Waals surface area contributed by atoms with E-state index in [9.17, 15) is 18.0 Å². The second-order valence-corrected chi connectivity index (χ2v) is 10.2. The second-order valence-electron chi connectivity index (χ2n) is 10.2. The summed E-state index contributed by atoms with van der Waals surface area (Å²) in [6.07, 6.45) is 0.473. The van der Waals surface area contributed by atoms with Gasteiger partial charge in [-0.15, -0.1) is 0 Å². The predicted octanol–water partition coefficient (Wildman–Crippen LogP) is 5.76. The molecule has 1 aliphatic heterocycles. The number of fused-ring (bicyclic) bond motifs is 1. The van der Waals surface area contributed by atoms with E-state index in [2.05, 4.69) is 15.0 Å². The standard InChI is InChI=1S/C27H26F3N3O4/c28-27(29,30)22-4-2-1-3-20(22)24-21(25(37-32-24)15-5-6-15)14-36-19-9-17-12-33(13-18(17)10-19)23-8-7-16(11-31-23)26(34)35/h1-4,7-8,11,15,17-19H,5-6,9-10,12-14H2,(H,34,35)/t17-,18+,19+. The number of aromatic carboxylic acids is 1. The Morgan fingerprint density at radius 2 is 1.84 bits per heavy atom. The molecule has 194 valence electrons. The maximum absolute atomic E-state index is 13.7. The van der Waals surface area contributed by atoms with Crippen LogP contribution < -0.4 is 4.90 Å². The summed E-state index contributed by atoms with van der Waals surface area (Å²) in [7, 11) is 0. The SMILES string of the molecule is O=C(O)c1ccc(N2C[C@H]3C[C@H](OCc4c(-c5ccccc5C(F)(F)F)noc4C4CC4)C[C@H]3C2)nc1. The van der Waals surface area contributed by atoms with Crippen molar-refractivity contribution < 1.29 is 32.3 Å². The molecule has 2 saturated carbocycles. The van der Waals surface area contributed by atoms with E-state index in [0.29, 0.717) is 23.2 Å². The van der Waals surface area contributed by atoms with Crippen molar-refractivity contribution in [1.82, 2.24) is 10.1 Å². The minimum atomic E-state index is -4.50. The molecule has 3 fully saturated rings. The molecule has 3 heterocycles. The highest BCUT2D eigenvalue weighted by Gasteiger charge is 2.43. The van der Waals surface area contributed by atoms with Crippen molar-refractivity contribution in [3.05, 3.63) is 65.0 Å². The first-order chi connectivity index (χ1) is 17.8. The van der Waals surface area contributed by atoms with Crippen molar-refractivity contribution in [2.45, 2.75) is 50.5 Å². The van der Waals surface area contributed by atoms with E-state index in [1.54, 1.807) is 18.2 Å². The molecule has 2 aromatic heterocycles. The first kappa shape index (κ1) is 24.0. The first-order valence-electron chi connectivity index (χ1n) is 12.5. The van der Waals surface area contributed by atoms with Gasteiger partial charge in [0.05, 0.1) is 23.8 Å². The molecule has 3 aromatic rings. The number of benzene rings is 1. The molecule has 1 saturated heterocycles. The molecule has 0 spiro atoms. The summed E-state index contributed by atoms with van der Waals surface area (Å²) in [6.45, 7) is 1.80.